The Morgan fingerprint density at radius 2 is 1.42 bits per heavy atom. The molecule has 0 saturated carbocycles. The lowest BCUT2D eigenvalue weighted by molar-refractivity contribution is -0.141. The first-order chi connectivity index (χ1) is 9.11. The normalized spacial score (nSPS) is 11.2. The zero-order chi connectivity index (χ0) is 14.5. The molecule has 4 heteroatoms. The quantitative estimate of drug-likeness (QED) is 0.347. The molecule has 0 N–H and O–H groups in total. The highest BCUT2D eigenvalue weighted by Gasteiger charge is 2.08. The number of hydrogen-bond donors (Lipinski definition) is 0. The van der Waals surface area contributed by atoms with E-state index in [1.165, 1.54) is 6.08 Å². The Kier molecular flexibility index (Phi) is 10.9. The highest BCUT2D eigenvalue weighted by molar-refractivity contribution is 5.95. The predicted octanol–water partition coefficient (Wildman–Crippen LogP) is 3.40. The van der Waals surface area contributed by atoms with E-state index in [1.807, 2.05) is 0 Å². The number of ether oxygens (including phenoxy) is 2. The third-order valence-electron chi connectivity index (χ3n) is 2.63. The van der Waals surface area contributed by atoms with E-state index in [0.717, 1.165) is 38.5 Å². The maximum Gasteiger partial charge on any atom is 0.333 e. The van der Waals surface area contributed by atoms with Crippen LogP contribution in [-0.4, -0.2) is 25.2 Å². The predicted molar refractivity (Wildman–Crippen MR) is 74.7 cm³/mol. The molecule has 0 rings (SSSR count). The minimum absolute atomic E-state index is 0.289. The van der Waals surface area contributed by atoms with Crippen molar-refractivity contribution in [2.24, 2.45) is 0 Å². The third-order valence-corrected chi connectivity index (χ3v) is 2.63. The summed E-state index contributed by atoms with van der Waals surface area (Å²) in [5, 5.41) is 0. The molecule has 0 aliphatic rings. The topological polar surface area (TPSA) is 52.6 Å². The molecule has 0 aliphatic carbocycles. The number of rotatable bonds is 10. The van der Waals surface area contributed by atoms with Crippen molar-refractivity contribution in [1.82, 2.24) is 0 Å². The lowest BCUT2D eigenvalue weighted by Gasteiger charge is -2.05. The van der Waals surface area contributed by atoms with E-state index in [1.54, 1.807) is 6.92 Å². The maximum atomic E-state index is 11.5. The van der Waals surface area contributed by atoms with Gasteiger partial charge in [0.1, 0.15) is 0 Å². The van der Waals surface area contributed by atoms with Crippen LogP contribution < -0.4 is 0 Å². The number of carbonyl (C=O) groups excluding carboxylic acids is 2. The Labute approximate surface area is 116 Å². The standard InChI is InChI=1S/C15H26O4/c1-4-6-8-10-18-14(16)12-13(3)15(17)19-11-9-7-5-2/h12H,4-11H2,1-3H3. The summed E-state index contributed by atoms with van der Waals surface area (Å²) in [4.78, 5) is 22.9. The second-order valence-electron chi connectivity index (χ2n) is 4.54. The van der Waals surface area contributed by atoms with Crippen LogP contribution in [-0.2, 0) is 19.1 Å². The molecule has 0 spiro atoms. The van der Waals surface area contributed by atoms with Crippen molar-refractivity contribution < 1.29 is 19.1 Å². The van der Waals surface area contributed by atoms with Gasteiger partial charge in [0, 0.05) is 11.6 Å². The Morgan fingerprint density at radius 3 is 1.95 bits per heavy atom. The minimum atomic E-state index is -0.473. The first-order valence-corrected chi connectivity index (χ1v) is 7.14. The fraction of sp³-hybridized carbons (Fsp3) is 0.733. The van der Waals surface area contributed by atoms with Gasteiger partial charge in [-0.2, -0.15) is 0 Å². The molecule has 0 aromatic rings. The van der Waals surface area contributed by atoms with Crippen molar-refractivity contribution in [3.8, 4) is 0 Å². The van der Waals surface area contributed by atoms with Crippen molar-refractivity contribution in [2.75, 3.05) is 13.2 Å². The Morgan fingerprint density at radius 1 is 0.895 bits per heavy atom. The second kappa shape index (κ2) is 11.8. The van der Waals surface area contributed by atoms with Crippen molar-refractivity contribution >= 4 is 11.9 Å². The lowest BCUT2D eigenvalue weighted by Crippen LogP contribution is -2.10. The average molecular weight is 270 g/mol. The summed E-state index contributed by atoms with van der Waals surface area (Å²) < 4.78 is 10.0. The summed E-state index contributed by atoms with van der Waals surface area (Å²) in [5.74, 6) is -0.916. The van der Waals surface area contributed by atoms with Crippen molar-refractivity contribution in [2.45, 2.75) is 59.3 Å². The van der Waals surface area contributed by atoms with E-state index in [4.69, 9.17) is 9.47 Å². The van der Waals surface area contributed by atoms with E-state index in [0.29, 0.717) is 13.2 Å². The zero-order valence-electron chi connectivity index (χ0n) is 12.4. The smallest absolute Gasteiger partial charge is 0.333 e. The first-order valence-electron chi connectivity index (χ1n) is 7.14. The highest BCUT2D eigenvalue weighted by atomic mass is 16.5. The van der Waals surface area contributed by atoms with E-state index < -0.39 is 11.9 Å². The fourth-order valence-electron chi connectivity index (χ4n) is 1.43. The van der Waals surface area contributed by atoms with E-state index in [2.05, 4.69) is 13.8 Å². The van der Waals surface area contributed by atoms with Crippen LogP contribution in [0.4, 0.5) is 0 Å². The molecule has 0 aliphatic heterocycles. The molecule has 0 unspecified atom stereocenters. The highest BCUT2D eigenvalue weighted by Crippen LogP contribution is 2.02. The molecule has 0 amide bonds. The molecule has 0 atom stereocenters. The van der Waals surface area contributed by atoms with Crippen LogP contribution in [0, 0.1) is 0 Å². The van der Waals surface area contributed by atoms with E-state index in [9.17, 15) is 9.59 Å². The number of carbonyl (C=O) groups is 2. The maximum absolute atomic E-state index is 11.5. The van der Waals surface area contributed by atoms with E-state index in [-0.39, 0.29) is 5.57 Å². The SMILES string of the molecule is CCCCCOC(=O)C=C(C)C(=O)OCCCCC. The molecule has 0 aromatic heterocycles. The van der Waals surface area contributed by atoms with Gasteiger partial charge < -0.3 is 9.47 Å². The van der Waals surface area contributed by atoms with E-state index >= 15 is 0 Å². The van der Waals surface area contributed by atoms with Gasteiger partial charge >= 0.3 is 11.9 Å². The summed E-state index contributed by atoms with van der Waals surface area (Å²) in [7, 11) is 0. The first kappa shape index (κ1) is 17.7. The summed E-state index contributed by atoms with van der Waals surface area (Å²) in [5.41, 5.74) is 0.289. The molecule has 0 radical (unpaired) electrons. The fourth-order valence-corrected chi connectivity index (χ4v) is 1.43. The zero-order valence-corrected chi connectivity index (χ0v) is 12.4. The molecule has 0 fully saturated rings. The Balaban J connectivity index is 3.88. The molecule has 110 valence electrons. The van der Waals surface area contributed by atoms with Gasteiger partial charge in [-0.3, -0.25) is 0 Å². The summed E-state index contributed by atoms with van der Waals surface area (Å²) >= 11 is 0. The Hall–Kier alpha value is -1.32. The van der Waals surface area contributed by atoms with Gasteiger partial charge in [-0.15, -0.1) is 0 Å². The van der Waals surface area contributed by atoms with Gasteiger partial charge in [0.05, 0.1) is 13.2 Å². The monoisotopic (exact) mass is 270 g/mol. The van der Waals surface area contributed by atoms with Crippen molar-refractivity contribution in [1.29, 1.82) is 0 Å². The van der Waals surface area contributed by atoms with Gasteiger partial charge in [0.15, 0.2) is 0 Å². The largest absolute Gasteiger partial charge is 0.463 e. The van der Waals surface area contributed by atoms with Gasteiger partial charge in [0.2, 0.25) is 0 Å². The molecular weight excluding hydrogens is 244 g/mol. The molecule has 0 saturated heterocycles. The van der Waals surface area contributed by atoms with Crippen LogP contribution in [0.3, 0.4) is 0 Å². The average Bonchev–Trinajstić information content (AvgIpc) is 2.39. The number of esters is 2. The minimum Gasteiger partial charge on any atom is -0.463 e. The summed E-state index contributed by atoms with van der Waals surface area (Å²) in [6.45, 7) is 6.54. The Bertz CT molecular complexity index is 295. The van der Waals surface area contributed by atoms with Crippen LogP contribution in [0.5, 0.6) is 0 Å². The van der Waals surface area contributed by atoms with Crippen molar-refractivity contribution in [3.05, 3.63) is 11.6 Å². The van der Waals surface area contributed by atoms with Crippen molar-refractivity contribution in [3.63, 3.8) is 0 Å². The molecule has 4 nitrogen and oxygen atoms in total. The van der Waals surface area contributed by atoms with Gasteiger partial charge in [0.25, 0.3) is 0 Å². The van der Waals surface area contributed by atoms with Crippen LogP contribution in [0.1, 0.15) is 59.3 Å². The van der Waals surface area contributed by atoms with Crippen LogP contribution in [0.2, 0.25) is 0 Å². The molecule has 0 heterocycles. The van der Waals surface area contributed by atoms with Crippen LogP contribution in [0.25, 0.3) is 0 Å². The second-order valence-corrected chi connectivity index (χ2v) is 4.54. The summed E-state index contributed by atoms with van der Waals surface area (Å²) in [6.07, 6.45) is 7.15. The molecule has 19 heavy (non-hydrogen) atoms. The van der Waals surface area contributed by atoms with Gasteiger partial charge in [-0.25, -0.2) is 9.59 Å². The lowest BCUT2D eigenvalue weighted by atomic mass is 10.2. The number of unbranched alkanes of at least 4 members (excludes halogenated alkanes) is 4. The van der Waals surface area contributed by atoms with Crippen LogP contribution >= 0.6 is 0 Å². The molecule has 0 aromatic carbocycles. The van der Waals surface area contributed by atoms with Crippen LogP contribution in [0.15, 0.2) is 11.6 Å². The molecular formula is C15H26O4. The summed E-state index contributed by atoms with van der Waals surface area (Å²) in [6, 6.07) is 0. The third kappa shape index (κ3) is 10.3. The van der Waals surface area contributed by atoms with Gasteiger partial charge in [-0.05, 0) is 19.8 Å². The van der Waals surface area contributed by atoms with Gasteiger partial charge in [-0.1, -0.05) is 39.5 Å². The number of hydrogen-bond acceptors (Lipinski definition) is 4. The molecule has 0 bridgehead atoms.